The summed E-state index contributed by atoms with van der Waals surface area (Å²) in [7, 11) is 0. The molecule has 3 unspecified atom stereocenters. The van der Waals surface area contributed by atoms with Crippen LogP contribution in [-0.2, 0) is 0 Å². The van der Waals surface area contributed by atoms with Gasteiger partial charge in [-0.1, -0.05) is 25.5 Å². The first-order valence-corrected chi connectivity index (χ1v) is 8.66. The normalized spacial score (nSPS) is 33.1. The highest BCUT2D eigenvalue weighted by molar-refractivity contribution is 4.96. The van der Waals surface area contributed by atoms with E-state index in [-0.39, 0.29) is 0 Å². The van der Waals surface area contributed by atoms with Gasteiger partial charge in [0, 0.05) is 18.6 Å². The Morgan fingerprint density at radius 2 is 1.80 bits per heavy atom. The Balaban J connectivity index is 1.70. The lowest BCUT2D eigenvalue weighted by molar-refractivity contribution is 0.167. The van der Waals surface area contributed by atoms with Crippen molar-refractivity contribution in [1.82, 2.24) is 10.2 Å². The summed E-state index contributed by atoms with van der Waals surface area (Å²) in [6.07, 6.45) is 9.24. The number of hydrogen-bond donors (Lipinski definition) is 1. The molecule has 1 saturated carbocycles. The number of hydrogen-bond acceptors (Lipinski definition) is 2. The number of allylic oxidation sites excluding steroid dienone is 1. The largest absolute Gasteiger partial charge is 0.311 e. The third kappa shape index (κ3) is 4.89. The number of nitrogens with zero attached hydrogens (tertiary/aromatic N) is 1. The van der Waals surface area contributed by atoms with E-state index < -0.39 is 0 Å². The van der Waals surface area contributed by atoms with Gasteiger partial charge in [0.25, 0.3) is 0 Å². The van der Waals surface area contributed by atoms with E-state index in [2.05, 4.69) is 44.0 Å². The second-order valence-corrected chi connectivity index (χ2v) is 7.53. The maximum absolute atomic E-state index is 3.97. The first-order valence-electron chi connectivity index (χ1n) is 8.66. The van der Waals surface area contributed by atoms with E-state index >= 15 is 0 Å². The fourth-order valence-electron chi connectivity index (χ4n) is 3.81. The van der Waals surface area contributed by atoms with Crippen LogP contribution in [0.4, 0.5) is 0 Å². The third-order valence-corrected chi connectivity index (χ3v) is 5.23. The molecular weight excluding hydrogens is 244 g/mol. The second kappa shape index (κ2) is 7.61. The van der Waals surface area contributed by atoms with Gasteiger partial charge in [-0.3, -0.25) is 4.90 Å². The van der Waals surface area contributed by atoms with E-state index in [9.17, 15) is 0 Å². The minimum atomic E-state index is 0.763. The summed E-state index contributed by atoms with van der Waals surface area (Å²) in [5, 5.41) is 3.97. The number of piperidine rings is 1. The highest BCUT2D eigenvalue weighted by Crippen LogP contribution is 2.29. The molecule has 1 N–H and O–H groups in total. The van der Waals surface area contributed by atoms with E-state index in [1.807, 2.05) is 0 Å². The van der Waals surface area contributed by atoms with Gasteiger partial charge in [-0.15, -0.1) is 0 Å². The molecule has 1 saturated heterocycles. The van der Waals surface area contributed by atoms with Gasteiger partial charge in [0.1, 0.15) is 0 Å². The molecule has 3 atom stereocenters. The van der Waals surface area contributed by atoms with Crippen molar-refractivity contribution in [3.8, 4) is 0 Å². The molecule has 116 valence electrons. The fourth-order valence-corrected chi connectivity index (χ4v) is 3.81. The SMILES string of the molecule is CC(C)=CCN1CCC(NC2CCC(C)CC2C)CC1. The zero-order chi connectivity index (χ0) is 14.5. The van der Waals surface area contributed by atoms with Crippen molar-refractivity contribution >= 4 is 0 Å². The molecule has 1 heterocycles. The Morgan fingerprint density at radius 3 is 2.40 bits per heavy atom. The molecule has 0 radical (unpaired) electrons. The monoisotopic (exact) mass is 278 g/mol. The zero-order valence-corrected chi connectivity index (χ0v) is 14.0. The summed E-state index contributed by atoms with van der Waals surface area (Å²) >= 11 is 0. The van der Waals surface area contributed by atoms with Crippen molar-refractivity contribution in [3.05, 3.63) is 11.6 Å². The molecule has 0 amide bonds. The standard InChI is InChI=1S/C18H34N2/c1-14(2)7-10-20-11-8-17(9-12-20)19-18-6-5-15(3)13-16(18)4/h7,15-19H,5-6,8-13H2,1-4H3. The van der Waals surface area contributed by atoms with E-state index in [0.717, 1.165) is 30.5 Å². The van der Waals surface area contributed by atoms with Crippen LogP contribution < -0.4 is 5.32 Å². The molecule has 2 rings (SSSR count). The lowest BCUT2D eigenvalue weighted by Crippen LogP contribution is -2.49. The third-order valence-electron chi connectivity index (χ3n) is 5.23. The van der Waals surface area contributed by atoms with Crippen molar-refractivity contribution in [1.29, 1.82) is 0 Å². The lowest BCUT2D eigenvalue weighted by atomic mass is 9.79. The van der Waals surface area contributed by atoms with Crippen molar-refractivity contribution in [3.63, 3.8) is 0 Å². The molecule has 1 aliphatic heterocycles. The van der Waals surface area contributed by atoms with Crippen molar-refractivity contribution in [2.75, 3.05) is 19.6 Å². The Hall–Kier alpha value is -0.340. The van der Waals surface area contributed by atoms with Crippen molar-refractivity contribution in [2.45, 2.75) is 71.9 Å². The molecule has 2 fully saturated rings. The molecule has 0 aromatic carbocycles. The molecule has 0 bridgehead atoms. The molecule has 0 aromatic rings. The minimum Gasteiger partial charge on any atom is -0.311 e. The van der Waals surface area contributed by atoms with Crippen LogP contribution >= 0.6 is 0 Å². The van der Waals surface area contributed by atoms with Crippen LogP contribution in [0.2, 0.25) is 0 Å². The van der Waals surface area contributed by atoms with Gasteiger partial charge in [-0.05, 0) is 70.9 Å². The quantitative estimate of drug-likeness (QED) is 0.786. The molecule has 1 aliphatic carbocycles. The predicted octanol–water partition coefficient (Wildman–Crippen LogP) is 3.83. The van der Waals surface area contributed by atoms with Crippen LogP contribution in [-0.4, -0.2) is 36.6 Å². The van der Waals surface area contributed by atoms with Crippen LogP contribution in [0, 0.1) is 11.8 Å². The molecule has 0 spiro atoms. The van der Waals surface area contributed by atoms with Gasteiger partial charge < -0.3 is 5.32 Å². The maximum atomic E-state index is 3.97. The molecule has 2 heteroatoms. The van der Waals surface area contributed by atoms with Gasteiger partial charge in [-0.25, -0.2) is 0 Å². The van der Waals surface area contributed by atoms with Gasteiger partial charge >= 0.3 is 0 Å². The van der Waals surface area contributed by atoms with E-state index in [1.165, 1.54) is 50.8 Å². The number of rotatable bonds is 4. The van der Waals surface area contributed by atoms with Gasteiger partial charge in [0.15, 0.2) is 0 Å². The van der Waals surface area contributed by atoms with E-state index in [0.29, 0.717) is 0 Å². The van der Waals surface area contributed by atoms with Gasteiger partial charge in [-0.2, -0.15) is 0 Å². The second-order valence-electron chi connectivity index (χ2n) is 7.53. The van der Waals surface area contributed by atoms with Crippen LogP contribution in [0.25, 0.3) is 0 Å². The number of nitrogens with one attached hydrogen (secondary N) is 1. The molecule has 2 aliphatic rings. The first-order chi connectivity index (χ1) is 9.54. The highest BCUT2D eigenvalue weighted by Gasteiger charge is 2.28. The Labute approximate surface area is 126 Å². The summed E-state index contributed by atoms with van der Waals surface area (Å²) in [4.78, 5) is 2.59. The summed E-state index contributed by atoms with van der Waals surface area (Å²) in [5.41, 5.74) is 1.44. The van der Waals surface area contributed by atoms with Crippen LogP contribution in [0.5, 0.6) is 0 Å². The Morgan fingerprint density at radius 1 is 1.10 bits per heavy atom. The van der Waals surface area contributed by atoms with Gasteiger partial charge in [0.2, 0.25) is 0 Å². The summed E-state index contributed by atoms with van der Waals surface area (Å²) in [5.74, 6) is 1.80. The topological polar surface area (TPSA) is 15.3 Å². The van der Waals surface area contributed by atoms with Crippen LogP contribution in [0.3, 0.4) is 0 Å². The van der Waals surface area contributed by atoms with Crippen molar-refractivity contribution < 1.29 is 0 Å². The first kappa shape index (κ1) is 16.0. The summed E-state index contributed by atoms with van der Waals surface area (Å²) < 4.78 is 0. The molecule has 2 nitrogen and oxygen atoms in total. The Bertz CT molecular complexity index is 311. The Kier molecular flexibility index (Phi) is 6.10. The lowest BCUT2D eigenvalue weighted by Gasteiger charge is -2.39. The molecular formula is C18H34N2. The molecule has 0 aromatic heterocycles. The van der Waals surface area contributed by atoms with E-state index in [4.69, 9.17) is 0 Å². The highest BCUT2D eigenvalue weighted by atomic mass is 15.1. The summed E-state index contributed by atoms with van der Waals surface area (Å²) in [6, 6.07) is 1.54. The average Bonchev–Trinajstić information content (AvgIpc) is 2.41. The minimum absolute atomic E-state index is 0.763. The zero-order valence-electron chi connectivity index (χ0n) is 14.0. The number of likely N-dealkylation sites (tertiary alicyclic amines) is 1. The average molecular weight is 278 g/mol. The van der Waals surface area contributed by atoms with Crippen LogP contribution in [0.1, 0.15) is 59.8 Å². The smallest absolute Gasteiger partial charge is 0.0165 e. The molecule has 20 heavy (non-hydrogen) atoms. The van der Waals surface area contributed by atoms with E-state index in [1.54, 1.807) is 0 Å². The van der Waals surface area contributed by atoms with Crippen LogP contribution in [0.15, 0.2) is 11.6 Å². The fraction of sp³-hybridized carbons (Fsp3) is 0.889. The van der Waals surface area contributed by atoms with Crippen molar-refractivity contribution in [2.24, 2.45) is 11.8 Å². The predicted molar refractivity (Wildman–Crippen MR) is 88.0 cm³/mol. The summed E-state index contributed by atoms with van der Waals surface area (Å²) in [6.45, 7) is 12.9. The van der Waals surface area contributed by atoms with Gasteiger partial charge in [0.05, 0.1) is 0 Å². The maximum Gasteiger partial charge on any atom is 0.0165 e.